The number of carboxylic acid groups (broad SMARTS) is 1. The first-order valence-corrected chi connectivity index (χ1v) is 7.50. The molecule has 6 nitrogen and oxygen atoms in total. The Hall–Kier alpha value is -1.44. The van der Waals surface area contributed by atoms with Crippen molar-refractivity contribution in [3.63, 3.8) is 0 Å². The molecule has 0 unspecified atom stereocenters. The van der Waals surface area contributed by atoms with Crippen LogP contribution < -0.4 is 5.32 Å². The summed E-state index contributed by atoms with van der Waals surface area (Å²) in [6.07, 6.45) is 0.748. The Kier molecular flexibility index (Phi) is 4.18. The Bertz CT molecular complexity index is 563. The van der Waals surface area contributed by atoms with Gasteiger partial charge >= 0.3 is 5.97 Å². The van der Waals surface area contributed by atoms with Crippen molar-refractivity contribution in [3.05, 3.63) is 29.8 Å². The minimum Gasteiger partial charge on any atom is -0.478 e. The summed E-state index contributed by atoms with van der Waals surface area (Å²) >= 11 is 0. The van der Waals surface area contributed by atoms with Gasteiger partial charge in [0, 0.05) is 19.6 Å². The molecule has 0 atom stereocenters. The molecule has 1 fully saturated rings. The van der Waals surface area contributed by atoms with Crippen LogP contribution in [0.15, 0.2) is 29.2 Å². The van der Waals surface area contributed by atoms with Crippen LogP contribution in [0.4, 0.5) is 0 Å². The van der Waals surface area contributed by atoms with Crippen LogP contribution in [0.2, 0.25) is 0 Å². The Labute approximate surface area is 112 Å². The van der Waals surface area contributed by atoms with Crippen molar-refractivity contribution in [1.29, 1.82) is 0 Å². The first-order valence-electron chi connectivity index (χ1n) is 6.06. The van der Waals surface area contributed by atoms with Crippen molar-refractivity contribution < 1.29 is 18.3 Å². The fourth-order valence-electron chi connectivity index (χ4n) is 2.00. The SMILES string of the molecule is O=C(O)c1cccc(S(=O)(=O)N2CCCNCC2)c1. The number of carboxylic acids is 1. The van der Waals surface area contributed by atoms with Crippen LogP contribution in [-0.4, -0.2) is 50.0 Å². The van der Waals surface area contributed by atoms with Gasteiger partial charge in [-0.1, -0.05) is 6.07 Å². The van der Waals surface area contributed by atoms with Crippen molar-refractivity contribution in [2.75, 3.05) is 26.2 Å². The van der Waals surface area contributed by atoms with Crippen molar-refractivity contribution in [3.8, 4) is 0 Å². The number of sulfonamides is 1. The molecule has 104 valence electrons. The summed E-state index contributed by atoms with van der Waals surface area (Å²) in [5.74, 6) is -1.13. The monoisotopic (exact) mass is 284 g/mol. The summed E-state index contributed by atoms with van der Waals surface area (Å²) in [6, 6.07) is 5.47. The lowest BCUT2D eigenvalue weighted by atomic mass is 10.2. The summed E-state index contributed by atoms with van der Waals surface area (Å²) in [6.45, 7) is 2.26. The molecule has 7 heteroatoms. The van der Waals surface area contributed by atoms with E-state index in [1.807, 2.05) is 0 Å². The first kappa shape index (κ1) is 14.0. The molecule has 1 heterocycles. The fourth-order valence-corrected chi connectivity index (χ4v) is 3.53. The van der Waals surface area contributed by atoms with Crippen LogP contribution in [-0.2, 0) is 10.0 Å². The standard InChI is InChI=1S/C12H16N2O4S/c15-12(16)10-3-1-4-11(9-10)19(17,18)14-7-2-5-13-6-8-14/h1,3-4,9,13H,2,5-8H2,(H,15,16). The summed E-state index contributed by atoms with van der Waals surface area (Å²) in [7, 11) is -3.61. The van der Waals surface area contributed by atoms with E-state index in [0.29, 0.717) is 19.6 Å². The van der Waals surface area contributed by atoms with Gasteiger partial charge < -0.3 is 10.4 Å². The lowest BCUT2D eigenvalue weighted by Crippen LogP contribution is -2.34. The van der Waals surface area contributed by atoms with Crippen LogP contribution in [0.25, 0.3) is 0 Å². The minimum absolute atomic E-state index is 0.0194. The summed E-state index contributed by atoms with van der Waals surface area (Å²) in [5, 5.41) is 12.0. The molecule has 0 spiro atoms. The highest BCUT2D eigenvalue weighted by molar-refractivity contribution is 7.89. The van der Waals surface area contributed by atoms with Crippen LogP contribution in [0.1, 0.15) is 16.8 Å². The highest BCUT2D eigenvalue weighted by atomic mass is 32.2. The van der Waals surface area contributed by atoms with Gasteiger partial charge in [0.05, 0.1) is 10.5 Å². The lowest BCUT2D eigenvalue weighted by molar-refractivity contribution is 0.0696. The van der Waals surface area contributed by atoms with E-state index in [-0.39, 0.29) is 10.5 Å². The zero-order valence-electron chi connectivity index (χ0n) is 10.4. The van der Waals surface area contributed by atoms with Gasteiger partial charge in [0.25, 0.3) is 0 Å². The molecule has 0 aromatic heterocycles. The average Bonchev–Trinajstić information content (AvgIpc) is 2.68. The number of benzene rings is 1. The van der Waals surface area contributed by atoms with Gasteiger partial charge in [0.2, 0.25) is 10.0 Å². The van der Waals surface area contributed by atoms with Gasteiger partial charge in [-0.15, -0.1) is 0 Å². The Morgan fingerprint density at radius 2 is 2.05 bits per heavy atom. The number of nitrogens with zero attached hydrogens (tertiary/aromatic N) is 1. The van der Waals surface area contributed by atoms with E-state index >= 15 is 0 Å². The molecule has 2 N–H and O–H groups in total. The molecule has 2 rings (SSSR count). The van der Waals surface area contributed by atoms with Crippen molar-refractivity contribution in [2.24, 2.45) is 0 Å². The largest absolute Gasteiger partial charge is 0.478 e. The maximum absolute atomic E-state index is 12.4. The number of rotatable bonds is 3. The zero-order valence-corrected chi connectivity index (χ0v) is 11.2. The molecule has 1 aromatic carbocycles. The van der Waals surface area contributed by atoms with Crippen molar-refractivity contribution in [1.82, 2.24) is 9.62 Å². The van der Waals surface area contributed by atoms with E-state index in [0.717, 1.165) is 13.0 Å². The van der Waals surface area contributed by atoms with E-state index in [4.69, 9.17) is 5.11 Å². The highest BCUT2D eigenvalue weighted by Gasteiger charge is 2.25. The van der Waals surface area contributed by atoms with Gasteiger partial charge in [0.1, 0.15) is 0 Å². The van der Waals surface area contributed by atoms with Gasteiger partial charge in [-0.3, -0.25) is 0 Å². The molecule has 1 aliphatic heterocycles. The summed E-state index contributed by atoms with van der Waals surface area (Å²) in [5.41, 5.74) is -0.0194. The highest BCUT2D eigenvalue weighted by Crippen LogP contribution is 2.18. The predicted octanol–water partition coefficient (Wildman–Crippen LogP) is 0.369. The molecule has 0 radical (unpaired) electrons. The first-order chi connectivity index (χ1) is 9.01. The third-order valence-corrected chi connectivity index (χ3v) is 4.91. The third-order valence-electron chi connectivity index (χ3n) is 3.02. The maximum Gasteiger partial charge on any atom is 0.335 e. The smallest absolute Gasteiger partial charge is 0.335 e. The summed E-state index contributed by atoms with van der Waals surface area (Å²) < 4.78 is 26.2. The van der Waals surface area contributed by atoms with E-state index in [2.05, 4.69) is 5.32 Å². The molecule has 1 saturated heterocycles. The van der Waals surface area contributed by atoms with Crippen molar-refractivity contribution in [2.45, 2.75) is 11.3 Å². The molecule has 1 aromatic rings. The molecule has 19 heavy (non-hydrogen) atoms. The Balaban J connectivity index is 2.32. The normalized spacial score (nSPS) is 17.9. The molecular formula is C12H16N2O4S. The predicted molar refractivity (Wildman–Crippen MR) is 69.6 cm³/mol. The molecule has 0 amide bonds. The van der Waals surface area contributed by atoms with Crippen LogP contribution in [0, 0.1) is 0 Å². The van der Waals surface area contributed by atoms with Crippen LogP contribution in [0.5, 0.6) is 0 Å². The van der Waals surface area contributed by atoms with Crippen LogP contribution in [0.3, 0.4) is 0 Å². The zero-order chi connectivity index (χ0) is 13.9. The van der Waals surface area contributed by atoms with Gasteiger partial charge in [-0.25, -0.2) is 13.2 Å². The quantitative estimate of drug-likeness (QED) is 0.837. The van der Waals surface area contributed by atoms with Crippen LogP contribution >= 0.6 is 0 Å². The number of hydrogen-bond acceptors (Lipinski definition) is 4. The van der Waals surface area contributed by atoms with E-state index in [9.17, 15) is 13.2 Å². The van der Waals surface area contributed by atoms with Gasteiger partial charge in [0.15, 0.2) is 0 Å². The maximum atomic E-state index is 12.4. The second kappa shape index (κ2) is 5.68. The molecule has 0 saturated carbocycles. The fraction of sp³-hybridized carbons (Fsp3) is 0.417. The number of nitrogens with one attached hydrogen (secondary N) is 1. The van der Waals surface area contributed by atoms with Crippen molar-refractivity contribution >= 4 is 16.0 Å². The number of aromatic carboxylic acids is 1. The van der Waals surface area contributed by atoms with E-state index in [1.165, 1.54) is 28.6 Å². The molecule has 0 aliphatic carbocycles. The van der Waals surface area contributed by atoms with Gasteiger partial charge in [-0.2, -0.15) is 4.31 Å². The number of carbonyl (C=O) groups is 1. The Morgan fingerprint density at radius 3 is 2.79 bits per heavy atom. The molecular weight excluding hydrogens is 268 g/mol. The van der Waals surface area contributed by atoms with E-state index in [1.54, 1.807) is 0 Å². The molecule has 1 aliphatic rings. The number of hydrogen-bond donors (Lipinski definition) is 2. The van der Waals surface area contributed by atoms with Gasteiger partial charge in [-0.05, 0) is 31.2 Å². The average molecular weight is 284 g/mol. The lowest BCUT2D eigenvalue weighted by Gasteiger charge is -2.19. The molecule has 0 bridgehead atoms. The second-order valence-electron chi connectivity index (χ2n) is 4.34. The van der Waals surface area contributed by atoms with E-state index < -0.39 is 16.0 Å². The second-order valence-corrected chi connectivity index (χ2v) is 6.28. The minimum atomic E-state index is -3.61. The summed E-state index contributed by atoms with van der Waals surface area (Å²) in [4.78, 5) is 10.9. The topological polar surface area (TPSA) is 86.7 Å². The Morgan fingerprint density at radius 1 is 1.26 bits per heavy atom. The third kappa shape index (κ3) is 3.12.